The number of imidazole rings is 1. The molecule has 0 saturated carbocycles. The molecule has 2 saturated heterocycles. The number of rotatable bonds is 4. The van der Waals surface area contributed by atoms with E-state index in [2.05, 4.69) is 9.97 Å². The highest BCUT2D eigenvalue weighted by molar-refractivity contribution is 5.87. The number of carbonyl (C=O) groups excluding carboxylic acids is 2. The van der Waals surface area contributed by atoms with Gasteiger partial charge in [0.05, 0.1) is 11.0 Å². The highest BCUT2D eigenvalue weighted by Crippen LogP contribution is 2.32. The molecule has 3 aromatic rings. The molecular weight excluding hydrogens is 539 g/mol. The maximum atomic E-state index is 14.8. The van der Waals surface area contributed by atoms with E-state index in [-0.39, 0.29) is 16.1 Å². The summed E-state index contributed by atoms with van der Waals surface area (Å²) in [6.45, 7) is -14.2. The van der Waals surface area contributed by atoms with Crippen molar-refractivity contribution in [1.82, 2.24) is 29.7 Å². The molecule has 214 valence electrons. The van der Waals surface area contributed by atoms with Crippen LogP contribution in [0.4, 0.5) is 26.7 Å². The number of nitrogens with one attached hydrogen (secondary N) is 2. The number of fused-ring (bicyclic) bond motifs is 1. The van der Waals surface area contributed by atoms with E-state index < -0.39 is 116 Å². The number of urea groups is 1. The van der Waals surface area contributed by atoms with Crippen molar-refractivity contribution in [3.63, 3.8) is 0 Å². The quantitative estimate of drug-likeness (QED) is 0.464. The predicted octanol–water partition coefficient (Wildman–Crippen LogP) is 3.69. The van der Waals surface area contributed by atoms with Crippen LogP contribution in [0.2, 0.25) is 0 Å². The van der Waals surface area contributed by atoms with E-state index in [9.17, 15) is 36.3 Å². The molecule has 3 amide bonds. The standard InChI is InChI=1S/C26H27F5N6O3/c27-18-4-1-3-17(21(18)28)15-6-7-19(23(38)36(13-15)14-26(29,30)31)33-24(39)35-11-8-16(9-12-35)37-20-5-2-10-32-22(20)34-25(37)40/h1-5,10,15-16,19H,6-9,11-14H2,(H,33,39)(H,32,34,40)/t15-,19-/m1/s1/i11D2,12D2,13D2,14D2. The topological polar surface area (TPSA) is 103 Å². The second kappa shape index (κ2) is 10.9. The molecule has 5 rings (SSSR count). The number of alkyl halides is 3. The van der Waals surface area contributed by atoms with Crippen LogP contribution in [0.5, 0.6) is 0 Å². The zero-order valence-electron chi connectivity index (χ0n) is 28.4. The largest absolute Gasteiger partial charge is 0.406 e. The van der Waals surface area contributed by atoms with Crippen molar-refractivity contribution in [2.45, 2.75) is 49.9 Å². The number of amides is 3. The smallest absolute Gasteiger partial charge is 0.331 e. The minimum atomic E-state index is -5.92. The Kier molecular flexibility index (Phi) is 5.22. The van der Waals surface area contributed by atoms with E-state index in [1.54, 1.807) is 0 Å². The number of piperidine rings is 1. The Morgan fingerprint density at radius 1 is 1.12 bits per heavy atom. The second-order valence-electron chi connectivity index (χ2n) is 9.07. The first-order valence-corrected chi connectivity index (χ1v) is 12.0. The summed E-state index contributed by atoms with van der Waals surface area (Å²) in [4.78, 5) is 45.6. The normalized spacial score (nSPS) is 28.2. The zero-order valence-corrected chi connectivity index (χ0v) is 20.4. The van der Waals surface area contributed by atoms with Gasteiger partial charge in [-0.1, -0.05) is 12.1 Å². The number of carbonyl (C=O) groups is 2. The lowest BCUT2D eigenvalue weighted by molar-refractivity contribution is -0.162. The lowest BCUT2D eigenvalue weighted by Crippen LogP contribution is -2.54. The van der Waals surface area contributed by atoms with Crippen LogP contribution < -0.4 is 11.0 Å². The Morgan fingerprint density at radius 3 is 2.60 bits per heavy atom. The first kappa shape index (κ1) is 19.2. The number of hydrogen-bond donors (Lipinski definition) is 2. The van der Waals surface area contributed by atoms with Crippen LogP contribution in [0.15, 0.2) is 41.3 Å². The van der Waals surface area contributed by atoms with Crippen LogP contribution >= 0.6 is 0 Å². The van der Waals surface area contributed by atoms with Crippen molar-refractivity contribution in [3.05, 3.63) is 64.2 Å². The average Bonchev–Trinajstić information content (AvgIpc) is 3.23. The van der Waals surface area contributed by atoms with Gasteiger partial charge in [-0.3, -0.25) is 14.3 Å². The minimum Gasteiger partial charge on any atom is -0.331 e. The highest BCUT2D eigenvalue weighted by Gasteiger charge is 2.40. The number of halogens is 5. The van der Waals surface area contributed by atoms with Crippen molar-refractivity contribution < 1.29 is 42.5 Å². The van der Waals surface area contributed by atoms with Crippen molar-refractivity contribution >= 4 is 23.1 Å². The van der Waals surface area contributed by atoms with Gasteiger partial charge in [0.15, 0.2) is 17.3 Å². The fourth-order valence-electron chi connectivity index (χ4n) is 4.64. The van der Waals surface area contributed by atoms with Crippen LogP contribution in [-0.2, 0) is 4.79 Å². The van der Waals surface area contributed by atoms with Crippen molar-refractivity contribution in [2.75, 3.05) is 26.0 Å². The van der Waals surface area contributed by atoms with Gasteiger partial charge in [0, 0.05) is 43.1 Å². The first-order valence-electron chi connectivity index (χ1n) is 16.0. The van der Waals surface area contributed by atoms with E-state index >= 15 is 0 Å². The van der Waals surface area contributed by atoms with Gasteiger partial charge in [0.1, 0.15) is 12.5 Å². The summed E-state index contributed by atoms with van der Waals surface area (Å²) in [7, 11) is 0. The molecule has 0 radical (unpaired) electrons. The van der Waals surface area contributed by atoms with E-state index in [4.69, 9.17) is 11.0 Å². The van der Waals surface area contributed by atoms with E-state index in [0.717, 1.165) is 16.7 Å². The number of aromatic nitrogens is 3. The number of benzene rings is 1. The van der Waals surface area contributed by atoms with E-state index in [1.807, 2.05) is 5.32 Å². The Labute approximate surface area is 236 Å². The third-order valence-corrected chi connectivity index (χ3v) is 6.47. The monoisotopic (exact) mass is 574 g/mol. The maximum Gasteiger partial charge on any atom is 0.406 e. The molecular formula is C26H27F5N6O3. The molecule has 0 bridgehead atoms. The maximum absolute atomic E-state index is 14.8. The van der Waals surface area contributed by atoms with E-state index in [1.165, 1.54) is 18.3 Å². The summed E-state index contributed by atoms with van der Waals surface area (Å²) in [6.07, 6.45) is -7.40. The number of likely N-dealkylation sites (tertiary alicyclic amines) is 2. The van der Waals surface area contributed by atoms with Gasteiger partial charge in [-0.05, 0) is 49.4 Å². The van der Waals surface area contributed by atoms with E-state index in [0.29, 0.717) is 6.07 Å². The molecule has 1 aromatic carbocycles. The number of aromatic amines is 1. The van der Waals surface area contributed by atoms with Gasteiger partial charge >= 0.3 is 17.9 Å². The van der Waals surface area contributed by atoms with Gasteiger partial charge in [-0.25, -0.2) is 23.4 Å². The molecule has 14 heteroatoms. The van der Waals surface area contributed by atoms with Gasteiger partial charge < -0.3 is 15.1 Å². The van der Waals surface area contributed by atoms with Gasteiger partial charge in [-0.2, -0.15) is 13.2 Å². The molecule has 40 heavy (non-hydrogen) atoms. The Hall–Kier alpha value is -3.97. The van der Waals surface area contributed by atoms with Crippen molar-refractivity contribution in [1.29, 1.82) is 0 Å². The highest BCUT2D eigenvalue weighted by atomic mass is 19.4. The summed E-state index contributed by atoms with van der Waals surface area (Å²) in [5.41, 5.74) is -1.19. The molecule has 9 nitrogen and oxygen atoms in total. The molecule has 2 atom stereocenters. The fraction of sp³-hybridized carbons (Fsp3) is 0.462. The lowest BCUT2D eigenvalue weighted by atomic mass is 9.93. The number of nitrogens with zero attached hydrogens (tertiary/aromatic N) is 4. The summed E-state index contributed by atoms with van der Waals surface area (Å²) in [6, 6.07) is 0.380. The molecule has 0 aliphatic carbocycles. The summed E-state index contributed by atoms with van der Waals surface area (Å²) < 4.78 is 139. The summed E-state index contributed by atoms with van der Waals surface area (Å²) in [5.74, 6) is -7.20. The molecule has 2 aliphatic heterocycles. The second-order valence-corrected chi connectivity index (χ2v) is 9.07. The predicted molar refractivity (Wildman–Crippen MR) is 133 cm³/mol. The molecule has 0 unspecified atom stereocenters. The SMILES string of the molecule is [2H]C1([2H])CC(n2c(=O)[nH]c3ncccc32)CC([2H])([2H])N1C(=O)N[C@@H]1CC[C@@H](c2cccc(F)c2F)C([2H])([2H])N(C([2H])([2H])C(F)(F)F)C1=O. The molecule has 2 aliphatic rings. The fourth-order valence-corrected chi connectivity index (χ4v) is 4.64. The summed E-state index contributed by atoms with van der Waals surface area (Å²) in [5, 5.41) is 1.93. The molecule has 2 fully saturated rings. The van der Waals surface area contributed by atoms with Crippen LogP contribution in [-0.4, -0.2) is 74.5 Å². The first-order chi connectivity index (χ1) is 22.0. The lowest BCUT2D eigenvalue weighted by Gasteiger charge is -2.34. The Morgan fingerprint density at radius 2 is 1.88 bits per heavy atom. The Bertz CT molecular complexity index is 1800. The van der Waals surface area contributed by atoms with Crippen molar-refractivity contribution in [3.8, 4) is 0 Å². The molecule has 2 N–H and O–H groups in total. The molecule has 2 aromatic heterocycles. The Balaban J connectivity index is 1.50. The number of hydrogen-bond acceptors (Lipinski definition) is 4. The molecule has 4 heterocycles. The third kappa shape index (κ3) is 5.65. The minimum absolute atomic E-state index is 0.0634. The van der Waals surface area contributed by atoms with Gasteiger partial charge in [-0.15, -0.1) is 0 Å². The van der Waals surface area contributed by atoms with Crippen LogP contribution in [0.1, 0.15) is 54.2 Å². The zero-order chi connectivity index (χ0) is 35.8. The van der Waals surface area contributed by atoms with Gasteiger partial charge in [0.2, 0.25) is 5.91 Å². The van der Waals surface area contributed by atoms with Crippen LogP contribution in [0, 0.1) is 11.6 Å². The number of pyridine rings is 1. The average molecular weight is 575 g/mol. The third-order valence-electron chi connectivity index (χ3n) is 6.47. The van der Waals surface area contributed by atoms with Gasteiger partial charge in [0.25, 0.3) is 0 Å². The number of H-pyrrole nitrogens is 1. The molecule has 0 spiro atoms. The van der Waals surface area contributed by atoms with Crippen LogP contribution in [0.25, 0.3) is 11.2 Å². The van der Waals surface area contributed by atoms with Crippen LogP contribution in [0.3, 0.4) is 0 Å². The van der Waals surface area contributed by atoms with Crippen molar-refractivity contribution in [2.24, 2.45) is 0 Å². The summed E-state index contributed by atoms with van der Waals surface area (Å²) >= 11 is 0.